The van der Waals surface area contributed by atoms with Gasteiger partial charge in [-0.25, -0.2) is 19.6 Å². The summed E-state index contributed by atoms with van der Waals surface area (Å²) in [5, 5.41) is 46.0. The van der Waals surface area contributed by atoms with Gasteiger partial charge in [0.05, 0.1) is 58.9 Å². The maximum atomic E-state index is 10.6. The summed E-state index contributed by atoms with van der Waals surface area (Å²) in [5.74, 6) is -4.47. The van der Waals surface area contributed by atoms with Crippen LogP contribution in [0.25, 0.3) is 33.9 Å². The van der Waals surface area contributed by atoms with Crippen LogP contribution >= 0.6 is 0 Å². The number of halogens is 6. The summed E-state index contributed by atoms with van der Waals surface area (Å²) < 4.78 is 63.5. The van der Waals surface area contributed by atoms with Crippen LogP contribution < -0.4 is 5.32 Å². The topological polar surface area (TPSA) is 212 Å². The van der Waals surface area contributed by atoms with E-state index in [2.05, 4.69) is 38.5 Å². The van der Waals surface area contributed by atoms with Gasteiger partial charge in [-0.05, 0) is 35.9 Å². The van der Waals surface area contributed by atoms with Gasteiger partial charge in [0.25, 0.3) is 0 Å². The molecular formula is C27H14F6N8O4. The highest BCUT2D eigenvalue weighted by Gasteiger charge is 2.39. The van der Waals surface area contributed by atoms with E-state index in [0.717, 1.165) is 22.5 Å². The minimum atomic E-state index is -5.08. The van der Waals surface area contributed by atoms with E-state index >= 15 is 0 Å². The summed E-state index contributed by atoms with van der Waals surface area (Å²) in [7, 11) is 0. The summed E-state index contributed by atoms with van der Waals surface area (Å²) in [4.78, 5) is 34.5. The first-order valence-electron chi connectivity index (χ1n) is 11.8. The minimum absolute atomic E-state index is 0.114. The molecule has 0 unspecified atom stereocenters. The lowest BCUT2D eigenvalue weighted by molar-refractivity contribution is -0.193. The third kappa shape index (κ3) is 7.68. The maximum absolute atomic E-state index is 10.6. The molecule has 0 spiro atoms. The zero-order chi connectivity index (χ0) is 33.5. The number of aromatic nitrogens is 4. The van der Waals surface area contributed by atoms with Crippen molar-refractivity contribution in [3.05, 3.63) is 65.6 Å². The molecule has 0 radical (unpaired) electrons. The molecule has 4 aromatic rings. The number of hydrogen-bond acceptors (Lipinski definition) is 9. The van der Waals surface area contributed by atoms with Gasteiger partial charge >= 0.3 is 24.3 Å². The third-order valence-corrected chi connectivity index (χ3v) is 5.55. The lowest BCUT2D eigenvalue weighted by Gasteiger charge is -2.09. The SMILES string of the molecule is N#CCc1cc(C#N)c(-c2nc3c([nH]2)-c2ccncc2Nc2ncccc2-3)c(C#N)c1.O=C(O)C(F)(F)F.O=C(O)C(F)(F)F. The van der Waals surface area contributed by atoms with Crippen LogP contribution in [0.15, 0.2) is 48.9 Å². The van der Waals surface area contributed by atoms with Crippen molar-refractivity contribution in [2.45, 2.75) is 18.8 Å². The van der Waals surface area contributed by atoms with Crippen molar-refractivity contribution in [3.63, 3.8) is 0 Å². The molecule has 228 valence electrons. The number of aromatic amines is 1. The van der Waals surface area contributed by atoms with Crippen molar-refractivity contribution in [1.29, 1.82) is 15.8 Å². The number of nitrogens with one attached hydrogen (secondary N) is 2. The van der Waals surface area contributed by atoms with Crippen LogP contribution in [0.3, 0.4) is 0 Å². The number of carboxylic acid groups (broad SMARTS) is 2. The number of nitrogens with zero attached hydrogens (tertiary/aromatic N) is 6. The van der Waals surface area contributed by atoms with E-state index < -0.39 is 24.3 Å². The molecule has 0 fully saturated rings. The van der Waals surface area contributed by atoms with Crippen molar-refractivity contribution >= 4 is 23.4 Å². The smallest absolute Gasteiger partial charge is 0.475 e. The molecule has 18 heteroatoms. The number of alkyl halides is 6. The molecule has 1 aliphatic rings. The number of pyridine rings is 2. The van der Waals surface area contributed by atoms with Crippen LogP contribution in [-0.2, 0) is 16.0 Å². The van der Waals surface area contributed by atoms with Gasteiger partial charge in [0.1, 0.15) is 17.3 Å². The molecule has 0 amide bonds. The van der Waals surface area contributed by atoms with Crippen LogP contribution in [0.4, 0.5) is 37.8 Å². The second-order valence-corrected chi connectivity index (χ2v) is 8.49. The second-order valence-electron chi connectivity index (χ2n) is 8.49. The van der Waals surface area contributed by atoms with E-state index in [4.69, 9.17) is 30.0 Å². The predicted molar refractivity (Wildman–Crippen MR) is 140 cm³/mol. The van der Waals surface area contributed by atoms with Gasteiger partial charge in [-0.15, -0.1) is 0 Å². The second kappa shape index (κ2) is 13.2. The van der Waals surface area contributed by atoms with Crippen molar-refractivity contribution in [1.82, 2.24) is 19.9 Å². The molecule has 12 nitrogen and oxygen atoms in total. The minimum Gasteiger partial charge on any atom is -0.475 e. The Kier molecular flexibility index (Phi) is 9.70. The van der Waals surface area contributed by atoms with Gasteiger partial charge in [-0.1, -0.05) is 0 Å². The molecule has 5 rings (SSSR count). The molecule has 45 heavy (non-hydrogen) atoms. The summed E-state index contributed by atoms with van der Waals surface area (Å²) >= 11 is 0. The average Bonchev–Trinajstić information content (AvgIpc) is 3.36. The van der Waals surface area contributed by atoms with Crippen molar-refractivity contribution in [2.24, 2.45) is 0 Å². The van der Waals surface area contributed by atoms with Gasteiger partial charge in [0, 0.05) is 23.5 Å². The number of hydrogen-bond donors (Lipinski definition) is 4. The van der Waals surface area contributed by atoms with Gasteiger partial charge in [-0.3, -0.25) is 4.98 Å². The number of rotatable bonds is 2. The Morgan fingerprint density at radius 1 is 0.889 bits per heavy atom. The summed E-state index contributed by atoms with van der Waals surface area (Å²) in [5.41, 5.74) is 5.39. The Morgan fingerprint density at radius 2 is 1.47 bits per heavy atom. The fourth-order valence-electron chi connectivity index (χ4n) is 3.74. The number of anilines is 2. The Hall–Kier alpha value is -6.48. The normalized spacial score (nSPS) is 11.0. The van der Waals surface area contributed by atoms with Crippen LogP contribution in [0.2, 0.25) is 0 Å². The first-order chi connectivity index (χ1) is 21.1. The molecule has 4 N–H and O–H groups in total. The van der Waals surface area contributed by atoms with Gasteiger partial charge in [0.15, 0.2) is 0 Å². The average molecular weight is 628 g/mol. The number of imidazole rings is 1. The zero-order valence-corrected chi connectivity index (χ0v) is 22.0. The number of carboxylic acids is 2. The highest BCUT2D eigenvalue weighted by molar-refractivity contribution is 5.95. The molecule has 0 aliphatic carbocycles. The Bertz CT molecular complexity index is 1780. The van der Waals surface area contributed by atoms with Crippen molar-refractivity contribution in [3.8, 4) is 52.1 Å². The Labute approximate surface area is 247 Å². The molecular weight excluding hydrogens is 614 g/mol. The Balaban J connectivity index is 0.000000331. The molecule has 0 saturated carbocycles. The first-order valence-corrected chi connectivity index (χ1v) is 11.8. The predicted octanol–water partition coefficient (Wildman–Crippen LogP) is 5.33. The Morgan fingerprint density at radius 3 is 1.98 bits per heavy atom. The van der Waals surface area contributed by atoms with E-state index in [1.54, 1.807) is 30.7 Å². The van der Waals surface area contributed by atoms with E-state index in [-0.39, 0.29) is 17.5 Å². The fourth-order valence-corrected chi connectivity index (χ4v) is 3.74. The van der Waals surface area contributed by atoms with Crippen LogP contribution in [0, 0.1) is 34.0 Å². The van der Waals surface area contributed by atoms with E-state index in [1.165, 1.54) is 0 Å². The highest BCUT2D eigenvalue weighted by atomic mass is 19.4. The van der Waals surface area contributed by atoms with Crippen LogP contribution in [0.1, 0.15) is 16.7 Å². The summed E-state index contributed by atoms with van der Waals surface area (Å²) in [6.07, 6.45) is -4.97. The molecule has 0 atom stereocenters. The fraction of sp³-hybridized carbons (Fsp3) is 0.111. The van der Waals surface area contributed by atoms with Crippen LogP contribution in [-0.4, -0.2) is 54.4 Å². The largest absolute Gasteiger partial charge is 0.490 e. The highest BCUT2D eigenvalue weighted by Crippen LogP contribution is 2.43. The number of aliphatic carboxylic acids is 2. The molecule has 0 saturated heterocycles. The maximum Gasteiger partial charge on any atom is 0.490 e. The van der Waals surface area contributed by atoms with Gasteiger partial charge < -0.3 is 20.5 Å². The van der Waals surface area contributed by atoms with Crippen molar-refractivity contribution < 1.29 is 46.1 Å². The number of fused-ring (bicyclic) bond motifs is 5. The quantitative estimate of drug-likeness (QED) is 0.183. The third-order valence-electron chi connectivity index (χ3n) is 5.55. The number of nitriles is 3. The van der Waals surface area contributed by atoms with E-state index in [1.807, 2.05) is 18.2 Å². The summed E-state index contributed by atoms with van der Waals surface area (Å²) in [6.45, 7) is 0. The number of benzene rings is 1. The van der Waals surface area contributed by atoms with E-state index in [9.17, 15) is 36.9 Å². The van der Waals surface area contributed by atoms with E-state index in [0.29, 0.717) is 28.5 Å². The monoisotopic (exact) mass is 628 g/mol. The van der Waals surface area contributed by atoms with Gasteiger partial charge in [0.2, 0.25) is 0 Å². The molecule has 3 aromatic heterocycles. The van der Waals surface area contributed by atoms with Gasteiger partial charge in [-0.2, -0.15) is 42.1 Å². The zero-order valence-electron chi connectivity index (χ0n) is 22.0. The summed E-state index contributed by atoms with van der Waals surface area (Å²) in [6, 6.07) is 15.2. The lowest BCUT2D eigenvalue weighted by atomic mass is 9.97. The number of H-pyrrole nitrogens is 1. The number of carbonyl (C=O) groups is 2. The lowest BCUT2D eigenvalue weighted by Crippen LogP contribution is -2.21. The van der Waals surface area contributed by atoms with Crippen LogP contribution in [0.5, 0.6) is 0 Å². The first kappa shape index (κ1) is 33.0. The molecule has 1 aliphatic heterocycles. The van der Waals surface area contributed by atoms with Crippen molar-refractivity contribution in [2.75, 3.05) is 5.32 Å². The molecule has 1 aromatic carbocycles. The standard InChI is InChI=1S/C23H12N8.2C2HF3O2/c24-5-3-13-8-14(10-25)19(15(9-13)11-26)23-30-20-16-4-7-27-12-18(16)29-22-17(21(20)31-23)2-1-6-28-22;2*3-2(4,5)1(6)7/h1-2,4,6-9,12H,3H2,(H,28,29)(H,30,31);2*(H,6,7). The molecule has 4 heterocycles. The molecule has 0 bridgehead atoms.